The van der Waals surface area contributed by atoms with Crippen LogP contribution < -0.4 is 10.1 Å². The summed E-state index contributed by atoms with van der Waals surface area (Å²) in [5, 5.41) is 8.63. The number of thioether (sulfide) groups is 1. The molecule has 30 heavy (non-hydrogen) atoms. The summed E-state index contributed by atoms with van der Waals surface area (Å²) in [6, 6.07) is 7.35. The number of rotatable bonds is 9. The van der Waals surface area contributed by atoms with E-state index in [1.54, 1.807) is 16.4 Å². The van der Waals surface area contributed by atoms with Gasteiger partial charge in [0.1, 0.15) is 11.8 Å². The Labute approximate surface area is 182 Å². The van der Waals surface area contributed by atoms with Gasteiger partial charge in [0.25, 0.3) is 0 Å². The van der Waals surface area contributed by atoms with Crippen LogP contribution in [0.15, 0.2) is 40.7 Å². The number of nitrogens with one attached hydrogen (secondary N) is 1. The molecule has 1 aliphatic rings. The van der Waals surface area contributed by atoms with Gasteiger partial charge in [-0.15, -0.1) is 5.10 Å². The number of hydrogen-bond acceptors (Lipinski definition) is 7. The van der Waals surface area contributed by atoms with Gasteiger partial charge >= 0.3 is 5.97 Å². The minimum atomic E-state index is -0.440. The lowest BCUT2D eigenvalue weighted by atomic mass is 9.95. The van der Waals surface area contributed by atoms with E-state index in [2.05, 4.69) is 17.2 Å². The van der Waals surface area contributed by atoms with Crippen LogP contribution in [-0.2, 0) is 9.53 Å². The van der Waals surface area contributed by atoms with Crippen molar-refractivity contribution in [2.45, 2.75) is 64.8 Å². The molecule has 0 saturated carbocycles. The minimum Gasteiger partial charge on any atom is -0.491 e. The van der Waals surface area contributed by atoms with E-state index in [1.165, 1.54) is 0 Å². The monoisotopic (exact) mass is 430 g/mol. The zero-order valence-electron chi connectivity index (χ0n) is 18.3. The second-order valence-electron chi connectivity index (χ2n) is 7.45. The van der Waals surface area contributed by atoms with Crippen LogP contribution in [0.1, 0.15) is 59.1 Å². The summed E-state index contributed by atoms with van der Waals surface area (Å²) in [7, 11) is 0. The van der Waals surface area contributed by atoms with Crippen molar-refractivity contribution >= 4 is 23.7 Å². The smallest absolute Gasteiger partial charge is 0.338 e. The number of allylic oxidation sites excluding steroid dienone is 1. The molecule has 0 spiro atoms. The lowest BCUT2D eigenvalue weighted by Crippen LogP contribution is -2.29. The van der Waals surface area contributed by atoms with E-state index in [1.807, 2.05) is 52.0 Å². The van der Waals surface area contributed by atoms with Gasteiger partial charge < -0.3 is 14.8 Å². The third-order valence-corrected chi connectivity index (χ3v) is 5.51. The van der Waals surface area contributed by atoms with Gasteiger partial charge in [0.05, 0.1) is 18.3 Å². The quantitative estimate of drug-likeness (QED) is 0.452. The highest BCUT2D eigenvalue weighted by Gasteiger charge is 2.35. The van der Waals surface area contributed by atoms with Crippen LogP contribution in [0.4, 0.5) is 5.95 Å². The molecule has 1 atom stereocenters. The van der Waals surface area contributed by atoms with Crippen LogP contribution in [0.25, 0.3) is 0 Å². The molecule has 1 aromatic heterocycles. The number of nitrogens with zero attached hydrogens (tertiary/aromatic N) is 3. The lowest BCUT2D eigenvalue weighted by molar-refractivity contribution is -0.139. The number of anilines is 1. The summed E-state index contributed by atoms with van der Waals surface area (Å²) in [6.45, 7) is 10.3. The molecule has 1 aromatic carbocycles. The Bertz CT molecular complexity index is 923. The van der Waals surface area contributed by atoms with Gasteiger partial charge in [0.2, 0.25) is 11.1 Å². The molecule has 2 aromatic rings. The zero-order valence-corrected chi connectivity index (χ0v) is 19.1. The average Bonchev–Trinajstić information content (AvgIpc) is 3.11. The van der Waals surface area contributed by atoms with E-state index in [-0.39, 0.29) is 12.1 Å². The minimum absolute atomic E-state index is 0.0542. The van der Waals surface area contributed by atoms with Crippen LogP contribution in [0, 0.1) is 0 Å². The first-order chi connectivity index (χ1) is 14.4. The number of hydrogen-bond donors (Lipinski definition) is 1. The van der Waals surface area contributed by atoms with Crippen LogP contribution in [0.3, 0.4) is 0 Å². The van der Waals surface area contributed by atoms with Crippen LogP contribution in [0.5, 0.6) is 5.75 Å². The molecule has 2 heterocycles. The molecular weight excluding hydrogens is 400 g/mol. The summed E-state index contributed by atoms with van der Waals surface area (Å²) in [4.78, 5) is 17.6. The molecule has 1 aliphatic heterocycles. The number of benzene rings is 1. The number of esters is 1. The molecule has 0 bridgehead atoms. The van der Waals surface area contributed by atoms with Gasteiger partial charge in [-0.25, -0.2) is 9.48 Å². The van der Waals surface area contributed by atoms with Gasteiger partial charge in [-0.2, -0.15) is 4.98 Å². The summed E-state index contributed by atoms with van der Waals surface area (Å²) >= 11 is 1.61. The second kappa shape index (κ2) is 10.0. The summed E-state index contributed by atoms with van der Waals surface area (Å²) < 4.78 is 13.2. The molecule has 0 aliphatic carbocycles. The van der Waals surface area contributed by atoms with Crippen molar-refractivity contribution in [2.24, 2.45) is 0 Å². The molecule has 0 fully saturated rings. The van der Waals surface area contributed by atoms with Gasteiger partial charge in [-0.3, -0.25) is 0 Å². The zero-order chi connectivity index (χ0) is 21.7. The molecule has 162 valence electrons. The molecule has 1 N–H and O–H groups in total. The Morgan fingerprint density at radius 2 is 2.10 bits per heavy atom. The SMILES string of the molecule is CCCOC(=O)C1=C(C)Nc2nc(SCCC)nn2C1c1cccc(OC(C)C)c1. The Hall–Kier alpha value is -2.48. The summed E-state index contributed by atoms with van der Waals surface area (Å²) in [6.07, 6.45) is 1.85. The maximum atomic E-state index is 13.0. The largest absolute Gasteiger partial charge is 0.491 e. The second-order valence-corrected chi connectivity index (χ2v) is 8.51. The Kier molecular flexibility index (Phi) is 7.42. The number of carbonyl (C=O) groups excluding carboxylic acids is 1. The number of aromatic nitrogens is 3. The topological polar surface area (TPSA) is 78.3 Å². The van der Waals surface area contributed by atoms with E-state index in [0.29, 0.717) is 23.3 Å². The lowest BCUT2D eigenvalue weighted by Gasteiger charge is -2.28. The predicted octanol–water partition coefficient (Wildman–Crippen LogP) is 4.81. The highest BCUT2D eigenvalue weighted by Crippen LogP contribution is 2.37. The average molecular weight is 431 g/mol. The molecule has 0 amide bonds. The number of ether oxygens (including phenoxy) is 2. The molecule has 3 rings (SSSR count). The van der Waals surface area contributed by atoms with Crippen molar-refractivity contribution in [2.75, 3.05) is 17.7 Å². The van der Waals surface area contributed by atoms with Crippen LogP contribution in [-0.4, -0.2) is 39.2 Å². The van der Waals surface area contributed by atoms with E-state index >= 15 is 0 Å². The summed E-state index contributed by atoms with van der Waals surface area (Å²) in [5.41, 5.74) is 2.16. The first-order valence-electron chi connectivity index (χ1n) is 10.4. The predicted molar refractivity (Wildman–Crippen MR) is 119 cm³/mol. The normalized spacial score (nSPS) is 15.7. The van der Waals surface area contributed by atoms with Crippen molar-refractivity contribution in [3.63, 3.8) is 0 Å². The third kappa shape index (κ3) is 4.98. The first-order valence-corrected chi connectivity index (χ1v) is 11.4. The van der Waals surface area contributed by atoms with Crippen LogP contribution >= 0.6 is 11.8 Å². The highest BCUT2D eigenvalue weighted by molar-refractivity contribution is 7.99. The van der Waals surface area contributed by atoms with Crippen molar-refractivity contribution in [1.82, 2.24) is 14.8 Å². The maximum Gasteiger partial charge on any atom is 0.338 e. The molecule has 0 saturated heterocycles. The van der Waals surface area contributed by atoms with Crippen LogP contribution in [0.2, 0.25) is 0 Å². The van der Waals surface area contributed by atoms with Gasteiger partial charge in [0.15, 0.2) is 0 Å². The third-order valence-electron chi connectivity index (χ3n) is 4.47. The fraction of sp³-hybridized carbons (Fsp3) is 0.500. The number of fused-ring (bicyclic) bond motifs is 1. The Morgan fingerprint density at radius 3 is 2.80 bits per heavy atom. The first kappa shape index (κ1) is 22.2. The standard InChI is InChI=1S/C22H30N4O3S/c1-6-11-28-20(27)18-15(5)23-21-24-22(30-12-7-2)25-26(21)19(18)16-9-8-10-17(13-16)29-14(3)4/h8-10,13-14,19H,6-7,11-12H2,1-5H3,(H,23,24,25). The summed E-state index contributed by atoms with van der Waals surface area (Å²) in [5.74, 6) is 1.97. The molecule has 7 nitrogen and oxygen atoms in total. The van der Waals surface area contributed by atoms with E-state index in [4.69, 9.17) is 14.6 Å². The molecule has 0 radical (unpaired) electrons. The molecular formula is C22H30N4O3S. The van der Waals surface area contributed by atoms with Crippen molar-refractivity contribution in [3.8, 4) is 5.75 Å². The highest BCUT2D eigenvalue weighted by atomic mass is 32.2. The van der Waals surface area contributed by atoms with Gasteiger partial charge in [-0.1, -0.05) is 37.7 Å². The van der Waals surface area contributed by atoms with Crippen molar-refractivity contribution < 1.29 is 14.3 Å². The van der Waals surface area contributed by atoms with Gasteiger partial charge in [-0.05, 0) is 51.3 Å². The van der Waals surface area contributed by atoms with E-state index in [9.17, 15) is 4.79 Å². The maximum absolute atomic E-state index is 13.0. The van der Waals surface area contributed by atoms with E-state index in [0.717, 1.165) is 35.6 Å². The Morgan fingerprint density at radius 1 is 1.30 bits per heavy atom. The fourth-order valence-corrected chi connectivity index (χ4v) is 3.94. The fourth-order valence-electron chi connectivity index (χ4n) is 3.26. The number of carbonyl (C=O) groups is 1. The molecule has 1 unspecified atom stereocenters. The van der Waals surface area contributed by atoms with E-state index < -0.39 is 6.04 Å². The Balaban J connectivity index is 2.06. The van der Waals surface area contributed by atoms with Gasteiger partial charge in [0, 0.05) is 11.4 Å². The van der Waals surface area contributed by atoms with Crippen molar-refractivity contribution in [1.29, 1.82) is 0 Å². The van der Waals surface area contributed by atoms with Crippen molar-refractivity contribution in [3.05, 3.63) is 41.1 Å². The molecule has 8 heteroatoms.